The Labute approximate surface area is 292 Å². The van der Waals surface area contributed by atoms with Gasteiger partial charge in [0.1, 0.15) is 35.4 Å². The van der Waals surface area contributed by atoms with Gasteiger partial charge in [-0.3, -0.25) is 14.3 Å². The molecule has 5 aromatic rings. The average molecular weight is 702 g/mol. The number of piperidine rings is 1. The van der Waals surface area contributed by atoms with Gasteiger partial charge in [0.25, 0.3) is 5.56 Å². The summed E-state index contributed by atoms with van der Waals surface area (Å²) >= 11 is 6.69. The molecule has 2 fully saturated rings. The summed E-state index contributed by atoms with van der Waals surface area (Å²) in [5.74, 6) is 1.56. The van der Waals surface area contributed by atoms with E-state index < -0.39 is 8.07 Å². The molecule has 1 saturated carbocycles. The predicted molar refractivity (Wildman–Crippen MR) is 195 cm³/mol. The van der Waals surface area contributed by atoms with Crippen LogP contribution in [0.3, 0.4) is 0 Å². The molecule has 258 valence electrons. The molecule has 9 nitrogen and oxygen atoms in total. The van der Waals surface area contributed by atoms with E-state index in [1.54, 1.807) is 27.6 Å². The minimum Gasteiger partial charge on any atom is -0.361 e. The van der Waals surface area contributed by atoms with Gasteiger partial charge in [-0.1, -0.05) is 44.2 Å². The van der Waals surface area contributed by atoms with Crippen molar-refractivity contribution in [3.63, 3.8) is 0 Å². The van der Waals surface area contributed by atoms with Crippen LogP contribution >= 0.6 is 11.6 Å². The molecule has 1 aliphatic carbocycles. The largest absolute Gasteiger partial charge is 0.361 e. The average Bonchev–Trinajstić information content (AvgIpc) is 3.69. The first kappa shape index (κ1) is 33.8. The first-order valence-electron chi connectivity index (χ1n) is 17.3. The van der Waals surface area contributed by atoms with Gasteiger partial charge in [-0.05, 0) is 97.1 Å². The van der Waals surface area contributed by atoms with Crippen LogP contribution in [0.25, 0.3) is 39.2 Å². The number of halogens is 2. The minimum absolute atomic E-state index is 0.167. The molecule has 2 aliphatic rings. The van der Waals surface area contributed by atoms with Crippen LogP contribution < -0.4 is 5.56 Å². The van der Waals surface area contributed by atoms with Crippen molar-refractivity contribution in [2.45, 2.75) is 77.5 Å². The summed E-state index contributed by atoms with van der Waals surface area (Å²) in [6.45, 7) is 13.2. The Morgan fingerprint density at radius 3 is 2.61 bits per heavy atom. The fraction of sp³-hybridized carbons (Fsp3) is 0.459. The molecule has 0 N–H and O–H groups in total. The second-order valence-corrected chi connectivity index (χ2v) is 21.2. The molecule has 0 radical (unpaired) electrons. The quantitative estimate of drug-likeness (QED) is 0.0792. The molecule has 1 saturated heterocycles. The topological polar surface area (TPSA) is 83.0 Å². The molecule has 4 aromatic heterocycles. The van der Waals surface area contributed by atoms with E-state index >= 15 is 0 Å². The van der Waals surface area contributed by atoms with Crippen LogP contribution in [0, 0.1) is 11.7 Å². The van der Waals surface area contributed by atoms with Crippen molar-refractivity contribution >= 4 is 30.6 Å². The monoisotopic (exact) mass is 701 g/mol. The molecule has 1 atom stereocenters. The van der Waals surface area contributed by atoms with E-state index in [-0.39, 0.29) is 16.5 Å². The van der Waals surface area contributed by atoms with Gasteiger partial charge in [0.2, 0.25) is 0 Å². The molecule has 12 heteroatoms. The SMILES string of the molecule is C[C@H]1CCCN(Cc2cc3c(C4CC4)cn(-c4cc(-c5ccc(F)cc5-c5nncn5C)cc(Cl)n4)c(=O)c3n2COCC[Si](C)(C)C)C1. The van der Waals surface area contributed by atoms with Gasteiger partial charge in [0.15, 0.2) is 5.82 Å². The lowest BCUT2D eigenvalue weighted by molar-refractivity contribution is 0.0848. The third-order valence-corrected chi connectivity index (χ3v) is 11.7. The first-order chi connectivity index (χ1) is 23.4. The maximum Gasteiger partial charge on any atom is 0.280 e. The number of pyridine rings is 2. The Bertz CT molecular complexity index is 2060. The van der Waals surface area contributed by atoms with Gasteiger partial charge in [-0.2, -0.15) is 0 Å². The van der Waals surface area contributed by atoms with Crippen LogP contribution in [0.15, 0.2) is 53.7 Å². The Kier molecular flexibility index (Phi) is 9.38. The van der Waals surface area contributed by atoms with Crippen molar-refractivity contribution in [2.24, 2.45) is 13.0 Å². The second kappa shape index (κ2) is 13.6. The van der Waals surface area contributed by atoms with Gasteiger partial charge in [0, 0.05) is 57.7 Å². The number of fused-ring (bicyclic) bond motifs is 1. The van der Waals surface area contributed by atoms with Crippen molar-refractivity contribution in [1.82, 2.24) is 33.8 Å². The zero-order valence-corrected chi connectivity index (χ0v) is 30.8. The van der Waals surface area contributed by atoms with E-state index in [4.69, 9.17) is 16.3 Å². The molecule has 0 amide bonds. The number of benzene rings is 1. The maximum absolute atomic E-state index is 14.7. The Hall–Kier alpha value is -3.64. The molecular weight excluding hydrogens is 657 g/mol. The van der Waals surface area contributed by atoms with E-state index in [0.717, 1.165) is 55.2 Å². The van der Waals surface area contributed by atoms with Crippen molar-refractivity contribution < 1.29 is 9.13 Å². The first-order valence-corrected chi connectivity index (χ1v) is 21.4. The van der Waals surface area contributed by atoms with Crippen LogP contribution in [0.4, 0.5) is 4.39 Å². The van der Waals surface area contributed by atoms with Crippen LogP contribution in [-0.4, -0.2) is 61.6 Å². The fourth-order valence-corrected chi connectivity index (χ4v) is 8.00. The smallest absolute Gasteiger partial charge is 0.280 e. The Morgan fingerprint density at radius 2 is 1.90 bits per heavy atom. The summed E-state index contributed by atoms with van der Waals surface area (Å²) in [7, 11) is 0.518. The van der Waals surface area contributed by atoms with Gasteiger partial charge >= 0.3 is 0 Å². The van der Waals surface area contributed by atoms with E-state index in [2.05, 4.69) is 57.3 Å². The number of nitrogens with zero attached hydrogens (tertiary/aromatic N) is 7. The maximum atomic E-state index is 14.7. The van der Waals surface area contributed by atoms with Gasteiger partial charge in [-0.25, -0.2) is 9.37 Å². The summed E-state index contributed by atoms with van der Waals surface area (Å²) < 4.78 is 26.4. The lowest BCUT2D eigenvalue weighted by Gasteiger charge is -2.31. The highest BCUT2D eigenvalue weighted by Gasteiger charge is 2.30. The number of hydrogen-bond donors (Lipinski definition) is 0. The highest BCUT2D eigenvalue weighted by molar-refractivity contribution is 6.76. The molecule has 0 bridgehead atoms. The van der Waals surface area contributed by atoms with Gasteiger partial charge < -0.3 is 13.9 Å². The van der Waals surface area contributed by atoms with Crippen molar-refractivity contribution in [3.8, 4) is 28.3 Å². The third-order valence-electron chi connectivity index (χ3n) is 9.82. The summed E-state index contributed by atoms with van der Waals surface area (Å²) in [5, 5.41) is 9.46. The number of hydrogen-bond acceptors (Lipinski definition) is 6. The minimum atomic E-state index is -1.29. The van der Waals surface area contributed by atoms with Crippen molar-refractivity contribution in [2.75, 3.05) is 19.7 Å². The fourth-order valence-electron chi connectivity index (χ4n) is 7.04. The number of rotatable bonds is 11. The Morgan fingerprint density at radius 1 is 1.08 bits per heavy atom. The van der Waals surface area contributed by atoms with E-state index in [9.17, 15) is 9.18 Å². The summed E-state index contributed by atoms with van der Waals surface area (Å²) in [5.41, 5.74) is 4.69. The molecule has 1 aromatic carbocycles. The van der Waals surface area contributed by atoms with E-state index in [1.165, 1.54) is 25.0 Å². The van der Waals surface area contributed by atoms with E-state index in [1.807, 2.05) is 19.3 Å². The zero-order chi connectivity index (χ0) is 34.4. The highest BCUT2D eigenvalue weighted by Crippen LogP contribution is 2.44. The molecule has 7 rings (SSSR count). The number of aromatic nitrogens is 6. The Balaban J connectivity index is 1.36. The van der Waals surface area contributed by atoms with Crippen LogP contribution in [-0.2, 0) is 25.1 Å². The molecule has 1 aliphatic heterocycles. The molecule has 49 heavy (non-hydrogen) atoms. The number of likely N-dealkylation sites (tertiary alicyclic amines) is 1. The standard InChI is InChI=1S/C37H45ClFN7O2Si/c1-24-7-6-12-44(19-24)20-28-18-30-32(25-8-9-25)21-45(37(47)35(30)46(28)23-48-13-14-49(3,4)5)34-16-26(15-33(38)41-34)29-11-10-27(39)17-31(29)36-42-40-22-43(36)2/h10-11,15-18,21-22,24-25H,6-9,12-14,19-20,23H2,1-5H3/t24-/m0/s1. The van der Waals surface area contributed by atoms with Crippen molar-refractivity contribution in [3.05, 3.63) is 81.5 Å². The summed E-state index contributed by atoms with van der Waals surface area (Å²) in [6.07, 6.45) is 8.13. The molecular formula is C37H45ClFN7O2Si. The summed E-state index contributed by atoms with van der Waals surface area (Å²) in [4.78, 5) is 21.9. The highest BCUT2D eigenvalue weighted by atomic mass is 35.5. The van der Waals surface area contributed by atoms with Crippen molar-refractivity contribution in [1.29, 1.82) is 0 Å². The van der Waals surface area contributed by atoms with Crippen LogP contribution in [0.2, 0.25) is 30.8 Å². The van der Waals surface area contributed by atoms with Crippen LogP contribution in [0.5, 0.6) is 0 Å². The number of ether oxygens (including phenoxy) is 1. The third kappa shape index (κ3) is 7.31. The molecule has 5 heterocycles. The molecule has 0 spiro atoms. The van der Waals surface area contributed by atoms with Gasteiger partial charge in [0.05, 0.1) is 0 Å². The van der Waals surface area contributed by atoms with Crippen LogP contribution in [0.1, 0.15) is 49.8 Å². The normalized spacial score (nSPS) is 17.3. The zero-order valence-electron chi connectivity index (χ0n) is 29.0. The second-order valence-electron chi connectivity index (χ2n) is 15.2. The summed E-state index contributed by atoms with van der Waals surface area (Å²) in [6, 6.07) is 11.4. The lowest BCUT2D eigenvalue weighted by atomic mass is 9.99. The number of aryl methyl sites for hydroxylation is 1. The van der Waals surface area contributed by atoms with Gasteiger partial charge in [-0.15, -0.1) is 10.2 Å². The van der Waals surface area contributed by atoms with E-state index in [0.29, 0.717) is 59.0 Å². The molecule has 0 unspecified atom stereocenters. The predicted octanol–water partition coefficient (Wildman–Crippen LogP) is 7.86. The lowest BCUT2D eigenvalue weighted by Crippen LogP contribution is -2.34.